The number of amides is 1. The molecule has 0 saturated heterocycles. The summed E-state index contributed by atoms with van der Waals surface area (Å²) in [7, 11) is 0. The van der Waals surface area contributed by atoms with Gasteiger partial charge in [-0.2, -0.15) is 0 Å². The third-order valence-corrected chi connectivity index (χ3v) is 4.93. The van der Waals surface area contributed by atoms with Gasteiger partial charge >= 0.3 is 0 Å². The lowest BCUT2D eigenvalue weighted by molar-refractivity contribution is 0.0940. The number of benzene rings is 1. The standard InChI is InChI=1S/C22H29N5O/c1-5-13-27-20(23)18(22(28)24-15(4)10-8-9-14(2)3)19-21(27)26-17-12-7-6-11-16(17)25-19/h5-7,11-12,14-15H,1,8-10,13,23H2,2-4H3,(H,24,28)/t15-/m0/s1. The summed E-state index contributed by atoms with van der Waals surface area (Å²) in [6.45, 7) is 10.7. The maximum absolute atomic E-state index is 13.0. The van der Waals surface area contributed by atoms with Crippen molar-refractivity contribution < 1.29 is 4.79 Å². The number of anilines is 1. The van der Waals surface area contributed by atoms with Crippen molar-refractivity contribution in [2.75, 3.05) is 5.73 Å². The number of hydrogen-bond donors (Lipinski definition) is 2. The number of nitrogens with zero attached hydrogens (tertiary/aromatic N) is 3. The monoisotopic (exact) mass is 379 g/mol. The van der Waals surface area contributed by atoms with Crippen LogP contribution in [0, 0.1) is 5.92 Å². The molecule has 0 radical (unpaired) electrons. The minimum atomic E-state index is -0.202. The smallest absolute Gasteiger partial charge is 0.257 e. The second kappa shape index (κ2) is 8.42. The molecule has 6 nitrogen and oxygen atoms in total. The lowest BCUT2D eigenvalue weighted by Gasteiger charge is -2.14. The average Bonchev–Trinajstić information content (AvgIpc) is 2.91. The zero-order valence-electron chi connectivity index (χ0n) is 16.9. The van der Waals surface area contributed by atoms with Gasteiger partial charge in [-0.15, -0.1) is 6.58 Å². The predicted octanol–water partition coefficient (Wildman–Crippen LogP) is 4.30. The predicted molar refractivity (Wildman–Crippen MR) is 115 cm³/mol. The number of nitrogens with two attached hydrogens (primary N) is 1. The Morgan fingerprint density at radius 3 is 2.54 bits per heavy atom. The first-order valence-corrected chi connectivity index (χ1v) is 9.88. The zero-order valence-corrected chi connectivity index (χ0v) is 16.9. The van der Waals surface area contributed by atoms with Crippen LogP contribution in [0.1, 0.15) is 50.4 Å². The van der Waals surface area contributed by atoms with Crippen molar-refractivity contribution in [3.8, 4) is 0 Å². The van der Waals surface area contributed by atoms with Crippen LogP contribution in [0.2, 0.25) is 0 Å². The van der Waals surface area contributed by atoms with E-state index >= 15 is 0 Å². The lowest BCUT2D eigenvalue weighted by atomic mass is 10.0. The Morgan fingerprint density at radius 1 is 1.21 bits per heavy atom. The summed E-state index contributed by atoms with van der Waals surface area (Å²) in [6, 6.07) is 7.68. The van der Waals surface area contributed by atoms with E-state index in [0.717, 1.165) is 30.3 Å². The first kappa shape index (κ1) is 19.9. The molecule has 1 atom stereocenters. The molecular weight excluding hydrogens is 350 g/mol. The van der Waals surface area contributed by atoms with E-state index in [1.807, 2.05) is 31.2 Å². The number of carbonyl (C=O) groups is 1. The van der Waals surface area contributed by atoms with Gasteiger partial charge in [0, 0.05) is 12.6 Å². The molecule has 0 bridgehead atoms. The van der Waals surface area contributed by atoms with Crippen molar-refractivity contribution in [1.82, 2.24) is 19.9 Å². The highest BCUT2D eigenvalue weighted by molar-refractivity contribution is 6.10. The van der Waals surface area contributed by atoms with Crippen molar-refractivity contribution in [3.05, 3.63) is 42.5 Å². The van der Waals surface area contributed by atoms with Gasteiger partial charge in [-0.1, -0.05) is 44.9 Å². The summed E-state index contributed by atoms with van der Waals surface area (Å²) >= 11 is 0. The van der Waals surface area contributed by atoms with Crippen molar-refractivity contribution in [2.45, 2.75) is 52.6 Å². The largest absolute Gasteiger partial charge is 0.384 e. The van der Waals surface area contributed by atoms with Crippen molar-refractivity contribution in [2.24, 2.45) is 5.92 Å². The minimum Gasteiger partial charge on any atom is -0.384 e. The Labute approximate surface area is 165 Å². The fourth-order valence-electron chi connectivity index (χ4n) is 3.46. The summed E-state index contributed by atoms with van der Waals surface area (Å²) < 4.78 is 1.79. The van der Waals surface area contributed by atoms with E-state index < -0.39 is 0 Å². The van der Waals surface area contributed by atoms with E-state index in [2.05, 4.69) is 25.7 Å². The van der Waals surface area contributed by atoms with Crippen LogP contribution in [0.15, 0.2) is 36.9 Å². The first-order chi connectivity index (χ1) is 13.4. The van der Waals surface area contributed by atoms with Gasteiger partial charge in [0.2, 0.25) is 0 Å². The van der Waals surface area contributed by atoms with Crippen molar-refractivity contribution >= 4 is 33.9 Å². The quantitative estimate of drug-likeness (QED) is 0.572. The van der Waals surface area contributed by atoms with E-state index in [4.69, 9.17) is 15.7 Å². The first-order valence-electron chi connectivity index (χ1n) is 9.88. The van der Waals surface area contributed by atoms with E-state index in [0.29, 0.717) is 35.0 Å². The Bertz CT molecular complexity index is 1000. The number of para-hydroxylation sites is 2. The van der Waals surface area contributed by atoms with E-state index in [1.54, 1.807) is 10.6 Å². The molecule has 2 heterocycles. The van der Waals surface area contributed by atoms with Gasteiger partial charge in [-0.25, -0.2) is 9.97 Å². The minimum absolute atomic E-state index is 0.0665. The molecular formula is C22H29N5O. The van der Waals surface area contributed by atoms with Gasteiger partial charge in [-0.05, 0) is 31.4 Å². The third kappa shape index (κ3) is 4.01. The fraction of sp³-hybridized carbons (Fsp3) is 0.409. The van der Waals surface area contributed by atoms with E-state index in [9.17, 15) is 4.79 Å². The molecule has 6 heteroatoms. The van der Waals surface area contributed by atoms with E-state index in [-0.39, 0.29) is 11.9 Å². The molecule has 28 heavy (non-hydrogen) atoms. The van der Waals surface area contributed by atoms with Gasteiger partial charge < -0.3 is 15.6 Å². The van der Waals surface area contributed by atoms with Crippen LogP contribution in [0.4, 0.5) is 5.82 Å². The SMILES string of the molecule is C=CCn1c(N)c(C(=O)N[C@@H](C)CCCC(C)C)c2nc3ccccc3nc21. The number of aromatic nitrogens is 3. The molecule has 3 N–H and O–H groups in total. The number of allylic oxidation sites excluding steroid dienone is 1. The molecule has 0 aliphatic carbocycles. The highest BCUT2D eigenvalue weighted by atomic mass is 16.1. The number of hydrogen-bond acceptors (Lipinski definition) is 4. The van der Waals surface area contributed by atoms with Crippen LogP contribution in [0.5, 0.6) is 0 Å². The topological polar surface area (TPSA) is 85.8 Å². The average molecular weight is 380 g/mol. The van der Waals surface area contributed by atoms with Gasteiger partial charge in [0.25, 0.3) is 5.91 Å². The second-order valence-corrected chi connectivity index (χ2v) is 7.74. The summed E-state index contributed by atoms with van der Waals surface area (Å²) in [6.07, 6.45) is 4.91. The van der Waals surface area contributed by atoms with Crippen LogP contribution in [0.3, 0.4) is 0 Å². The molecule has 0 spiro atoms. The number of rotatable bonds is 8. The summed E-state index contributed by atoms with van der Waals surface area (Å²) in [5, 5.41) is 3.08. The molecule has 0 aliphatic rings. The van der Waals surface area contributed by atoms with Crippen LogP contribution in [-0.4, -0.2) is 26.5 Å². The molecule has 0 fully saturated rings. The van der Waals surface area contributed by atoms with Crippen LogP contribution < -0.4 is 11.1 Å². The van der Waals surface area contributed by atoms with Crippen LogP contribution in [-0.2, 0) is 6.54 Å². The Kier molecular flexibility index (Phi) is 5.97. The molecule has 0 unspecified atom stereocenters. The zero-order chi connectivity index (χ0) is 20.3. The van der Waals surface area contributed by atoms with Gasteiger partial charge in [0.05, 0.1) is 11.0 Å². The molecule has 1 aromatic carbocycles. The number of nitrogen functional groups attached to an aromatic ring is 1. The molecule has 0 aliphatic heterocycles. The van der Waals surface area contributed by atoms with Gasteiger partial charge in [0.1, 0.15) is 16.9 Å². The van der Waals surface area contributed by atoms with E-state index in [1.165, 1.54) is 0 Å². The van der Waals surface area contributed by atoms with Crippen molar-refractivity contribution in [3.63, 3.8) is 0 Å². The normalized spacial score (nSPS) is 12.6. The molecule has 148 valence electrons. The molecule has 3 aromatic rings. The number of nitrogens with one attached hydrogen (secondary N) is 1. The molecule has 3 rings (SSSR count). The number of fused-ring (bicyclic) bond motifs is 2. The molecule has 0 saturated carbocycles. The highest BCUT2D eigenvalue weighted by Crippen LogP contribution is 2.28. The second-order valence-electron chi connectivity index (χ2n) is 7.74. The van der Waals surface area contributed by atoms with Crippen LogP contribution >= 0.6 is 0 Å². The van der Waals surface area contributed by atoms with Gasteiger partial charge in [0.15, 0.2) is 5.65 Å². The van der Waals surface area contributed by atoms with Crippen LogP contribution in [0.25, 0.3) is 22.2 Å². The molecule has 1 amide bonds. The Morgan fingerprint density at radius 2 is 1.89 bits per heavy atom. The maximum Gasteiger partial charge on any atom is 0.257 e. The summed E-state index contributed by atoms with van der Waals surface area (Å²) in [4.78, 5) is 22.4. The molecule has 2 aromatic heterocycles. The lowest BCUT2D eigenvalue weighted by Crippen LogP contribution is -2.33. The summed E-state index contributed by atoms with van der Waals surface area (Å²) in [5.74, 6) is 0.836. The third-order valence-electron chi connectivity index (χ3n) is 4.93. The maximum atomic E-state index is 13.0. The fourth-order valence-corrected chi connectivity index (χ4v) is 3.46. The number of carbonyl (C=O) groups excluding carboxylic acids is 1. The van der Waals surface area contributed by atoms with Gasteiger partial charge in [-0.3, -0.25) is 4.79 Å². The summed E-state index contributed by atoms with van der Waals surface area (Å²) in [5.41, 5.74) is 9.40. The van der Waals surface area contributed by atoms with Crippen molar-refractivity contribution in [1.29, 1.82) is 0 Å². The highest BCUT2D eigenvalue weighted by Gasteiger charge is 2.24. The Balaban J connectivity index is 1.97. The Hall–Kier alpha value is -2.89.